The van der Waals surface area contributed by atoms with Gasteiger partial charge in [0.05, 0.1) is 0 Å². The first kappa shape index (κ1) is 12.4. The van der Waals surface area contributed by atoms with Crippen LogP contribution in [0.1, 0.15) is 31.2 Å². The van der Waals surface area contributed by atoms with E-state index in [1.165, 1.54) is 0 Å². The van der Waals surface area contributed by atoms with Crippen molar-refractivity contribution in [1.29, 1.82) is 0 Å². The predicted molar refractivity (Wildman–Crippen MR) is 60.4 cm³/mol. The predicted octanol–water partition coefficient (Wildman–Crippen LogP) is 2.40. The normalized spacial score (nSPS) is 9.75. The topological polar surface area (TPSA) is 43.4 Å². The van der Waals surface area contributed by atoms with Gasteiger partial charge in [0.1, 0.15) is 6.61 Å². The molecule has 85 valence electrons. The van der Waals surface area contributed by atoms with Gasteiger partial charge in [-0.2, -0.15) is 0 Å². The summed E-state index contributed by atoms with van der Waals surface area (Å²) in [7, 11) is 0. The van der Waals surface area contributed by atoms with Gasteiger partial charge in [-0.25, -0.2) is 0 Å². The van der Waals surface area contributed by atoms with Crippen molar-refractivity contribution in [2.45, 2.75) is 32.3 Å². The van der Waals surface area contributed by atoms with Gasteiger partial charge in [-0.15, -0.1) is 0 Å². The molecule has 3 heteroatoms. The van der Waals surface area contributed by atoms with Gasteiger partial charge in [-0.05, 0) is 18.4 Å². The summed E-state index contributed by atoms with van der Waals surface area (Å²) in [6.07, 6.45) is 3.94. The first-order valence-corrected chi connectivity index (χ1v) is 5.37. The van der Waals surface area contributed by atoms with E-state index in [4.69, 9.17) is 4.74 Å². The molecule has 0 unspecified atom stereocenters. The van der Waals surface area contributed by atoms with Gasteiger partial charge in [0.2, 0.25) is 0 Å². The largest absolute Gasteiger partial charge is 0.461 e. The molecule has 1 radical (unpaired) electrons. The number of hydrogen-bond acceptors (Lipinski definition) is 3. The van der Waals surface area contributed by atoms with E-state index in [2.05, 4.69) is 0 Å². The van der Waals surface area contributed by atoms with Crippen molar-refractivity contribution in [2.75, 3.05) is 0 Å². The Labute approximate surface area is 95.4 Å². The zero-order valence-corrected chi connectivity index (χ0v) is 9.15. The molecule has 0 saturated carbocycles. The molecule has 0 aromatic heterocycles. The van der Waals surface area contributed by atoms with E-state index in [1.54, 1.807) is 6.29 Å². The van der Waals surface area contributed by atoms with E-state index in [-0.39, 0.29) is 5.97 Å². The van der Waals surface area contributed by atoms with Gasteiger partial charge in [-0.1, -0.05) is 30.3 Å². The molecule has 1 aromatic carbocycles. The van der Waals surface area contributed by atoms with E-state index < -0.39 is 0 Å². The highest BCUT2D eigenvalue weighted by Crippen LogP contribution is 2.04. The second kappa shape index (κ2) is 7.63. The Morgan fingerprint density at radius 1 is 1.19 bits per heavy atom. The molecule has 0 aliphatic carbocycles. The highest BCUT2D eigenvalue weighted by molar-refractivity contribution is 5.69. The summed E-state index contributed by atoms with van der Waals surface area (Å²) in [5.74, 6) is -0.213. The van der Waals surface area contributed by atoms with E-state index in [1.807, 2.05) is 30.3 Å². The molecule has 16 heavy (non-hydrogen) atoms. The summed E-state index contributed by atoms with van der Waals surface area (Å²) in [4.78, 5) is 21.2. The second-order valence-corrected chi connectivity index (χ2v) is 3.50. The molecule has 0 amide bonds. The first-order valence-electron chi connectivity index (χ1n) is 5.37. The number of rotatable bonds is 7. The van der Waals surface area contributed by atoms with Crippen molar-refractivity contribution in [1.82, 2.24) is 0 Å². The second-order valence-electron chi connectivity index (χ2n) is 3.50. The summed E-state index contributed by atoms with van der Waals surface area (Å²) < 4.78 is 5.07. The maximum Gasteiger partial charge on any atom is 0.306 e. The lowest BCUT2D eigenvalue weighted by Crippen LogP contribution is -2.04. The van der Waals surface area contributed by atoms with Crippen LogP contribution in [-0.2, 0) is 20.9 Å². The maximum atomic E-state index is 11.3. The lowest BCUT2D eigenvalue weighted by Gasteiger charge is -2.04. The quantitative estimate of drug-likeness (QED) is 0.522. The molecular formula is C13H15O3. The van der Waals surface area contributed by atoms with Crippen LogP contribution in [0.15, 0.2) is 30.3 Å². The van der Waals surface area contributed by atoms with Gasteiger partial charge in [0, 0.05) is 12.8 Å². The van der Waals surface area contributed by atoms with E-state index >= 15 is 0 Å². The van der Waals surface area contributed by atoms with Crippen molar-refractivity contribution in [3.05, 3.63) is 35.9 Å². The monoisotopic (exact) mass is 219 g/mol. The van der Waals surface area contributed by atoms with Crippen LogP contribution in [0.4, 0.5) is 0 Å². The Morgan fingerprint density at radius 2 is 1.94 bits per heavy atom. The minimum atomic E-state index is -0.213. The van der Waals surface area contributed by atoms with Crippen molar-refractivity contribution in [3.63, 3.8) is 0 Å². The molecule has 0 aliphatic heterocycles. The van der Waals surface area contributed by atoms with Crippen LogP contribution in [0.5, 0.6) is 0 Å². The van der Waals surface area contributed by atoms with Crippen LogP contribution >= 0.6 is 0 Å². The smallest absolute Gasteiger partial charge is 0.306 e. The summed E-state index contributed by atoms with van der Waals surface area (Å²) in [6, 6.07) is 9.55. The Balaban J connectivity index is 2.13. The Bertz CT molecular complexity index is 319. The summed E-state index contributed by atoms with van der Waals surface area (Å²) in [5.41, 5.74) is 0.983. The third kappa shape index (κ3) is 5.29. The number of carbonyl (C=O) groups excluding carboxylic acids is 2. The molecule has 0 saturated heterocycles. The van der Waals surface area contributed by atoms with Crippen LogP contribution in [0.3, 0.4) is 0 Å². The number of unbranched alkanes of at least 4 members (excludes halogenated alkanes) is 2. The maximum absolute atomic E-state index is 11.3. The highest BCUT2D eigenvalue weighted by atomic mass is 16.5. The fraction of sp³-hybridized carbons (Fsp3) is 0.385. The van der Waals surface area contributed by atoms with E-state index in [9.17, 15) is 9.59 Å². The van der Waals surface area contributed by atoms with Crippen molar-refractivity contribution in [2.24, 2.45) is 0 Å². The first-order chi connectivity index (χ1) is 7.83. The Kier molecular flexibility index (Phi) is 5.92. The van der Waals surface area contributed by atoms with Gasteiger partial charge in [-0.3, -0.25) is 9.59 Å². The third-order valence-corrected chi connectivity index (χ3v) is 2.15. The van der Waals surface area contributed by atoms with Crippen LogP contribution in [-0.4, -0.2) is 12.3 Å². The van der Waals surface area contributed by atoms with Crippen molar-refractivity contribution in [3.8, 4) is 0 Å². The standard InChI is InChI=1S/C13H15O3/c14-10-6-2-5-9-13(15)16-11-12-7-3-1-4-8-12/h1,3-4,7-8H,2,5-6,9,11H2. The zero-order chi connectivity index (χ0) is 11.6. The summed E-state index contributed by atoms with van der Waals surface area (Å²) in [5, 5.41) is 0. The van der Waals surface area contributed by atoms with Gasteiger partial charge in [0.25, 0.3) is 0 Å². The molecule has 0 N–H and O–H groups in total. The van der Waals surface area contributed by atoms with Crippen molar-refractivity contribution < 1.29 is 14.3 Å². The number of benzene rings is 1. The van der Waals surface area contributed by atoms with Crippen LogP contribution in [0.25, 0.3) is 0 Å². The van der Waals surface area contributed by atoms with Crippen LogP contribution in [0, 0.1) is 0 Å². The molecule has 0 atom stereocenters. The lowest BCUT2D eigenvalue weighted by molar-refractivity contribution is -0.145. The van der Waals surface area contributed by atoms with Gasteiger partial charge in [0.15, 0.2) is 6.29 Å². The Morgan fingerprint density at radius 3 is 2.62 bits per heavy atom. The Hall–Kier alpha value is -1.64. The number of esters is 1. The zero-order valence-electron chi connectivity index (χ0n) is 9.15. The van der Waals surface area contributed by atoms with Gasteiger partial charge >= 0.3 is 5.97 Å². The van der Waals surface area contributed by atoms with E-state index in [0.717, 1.165) is 5.56 Å². The minimum absolute atomic E-state index is 0.213. The third-order valence-electron chi connectivity index (χ3n) is 2.15. The molecular weight excluding hydrogens is 204 g/mol. The molecule has 0 heterocycles. The number of hydrogen-bond donors (Lipinski definition) is 0. The fourth-order valence-corrected chi connectivity index (χ4v) is 1.28. The number of ether oxygens (including phenoxy) is 1. The lowest BCUT2D eigenvalue weighted by atomic mass is 10.2. The molecule has 3 nitrogen and oxygen atoms in total. The average Bonchev–Trinajstić information content (AvgIpc) is 2.33. The molecule has 0 spiro atoms. The average molecular weight is 219 g/mol. The summed E-state index contributed by atoms with van der Waals surface area (Å²) in [6.45, 7) is 0.319. The van der Waals surface area contributed by atoms with Crippen LogP contribution in [0.2, 0.25) is 0 Å². The molecule has 0 aliphatic rings. The van der Waals surface area contributed by atoms with Crippen LogP contribution < -0.4 is 0 Å². The van der Waals surface area contributed by atoms with Crippen molar-refractivity contribution >= 4 is 12.3 Å². The summed E-state index contributed by atoms with van der Waals surface area (Å²) >= 11 is 0. The number of carbonyl (C=O) groups is 1. The van der Waals surface area contributed by atoms with E-state index in [0.29, 0.717) is 32.3 Å². The molecule has 1 aromatic rings. The van der Waals surface area contributed by atoms with Gasteiger partial charge < -0.3 is 4.74 Å². The molecule has 1 rings (SSSR count). The molecule has 0 bridgehead atoms. The SMILES string of the molecule is O=[C]CCCCC(=O)OCc1ccccc1. The molecule has 0 fully saturated rings. The highest BCUT2D eigenvalue weighted by Gasteiger charge is 2.02. The fourth-order valence-electron chi connectivity index (χ4n) is 1.28. The minimum Gasteiger partial charge on any atom is -0.461 e.